The topological polar surface area (TPSA) is 0 Å². The van der Waals surface area contributed by atoms with Crippen molar-refractivity contribution in [2.24, 2.45) is 0 Å². The van der Waals surface area contributed by atoms with Gasteiger partial charge in [0.05, 0.1) is 0 Å². The van der Waals surface area contributed by atoms with Crippen LogP contribution in [0.5, 0.6) is 0 Å². The lowest BCUT2D eigenvalue weighted by Gasteiger charge is -2.20. The molecule has 5 aromatic carbocycles. The minimum absolute atomic E-state index is 1.07. The van der Waals surface area contributed by atoms with Crippen LogP contribution in [0.25, 0.3) is 54.6 Å². The van der Waals surface area contributed by atoms with E-state index in [9.17, 15) is 0 Å². The summed E-state index contributed by atoms with van der Waals surface area (Å²) in [6, 6.07) is 26.5. The van der Waals surface area contributed by atoms with Crippen LogP contribution in [-0.4, -0.2) is 0 Å². The Labute approximate surface area is 207 Å². The van der Waals surface area contributed by atoms with Crippen LogP contribution in [0.2, 0.25) is 0 Å². The van der Waals surface area contributed by atoms with Crippen LogP contribution in [0.4, 0.5) is 0 Å². The number of allylic oxidation sites excluding steroid dienone is 9. The Bertz CT molecular complexity index is 1670. The van der Waals surface area contributed by atoms with Gasteiger partial charge in [0.2, 0.25) is 0 Å². The Morgan fingerprint density at radius 1 is 0.686 bits per heavy atom. The highest BCUT2D eigenvalue weighted by atomic mass is 14.2. The molecule has 0 spiro atoms. The summed E-state index contributed by atoms with van der Waals surface area (Å²) in [6.45, 7) is 14.0. The van der Waals surface area contributed by atoms with E-state index in [2.05, 4.69) is 112 Å². The standard InChI is InChI=1S/C35H28/c1-5-9-14-25(8-4)28-19-17-27-18-20-30-32(24(7-3)13-6-2)23-33(26-15-11-10-12-16-26)31-22-21-29(28)34(27)35(30)31/h5-23H,1-3H2,4H3/b14-9-,24-13+,25-8+. The molecule has 0 aliphatic rings. The van der Waals surface area contributed by atoms with Crippen molar-refractivity contribution in [1.29, 1.82) is 0 Å². The summed E-state index contributed by atoms with van der Waals surface area (Å²) in [5.41, 5.74) is 7.08. The van der Waals surface area contributed by atoms with Gasteiger partial charge in [0.1, 0.15) is 0 Å². The normalized spacial score (nSPS) is 12.7. The van der Waals surface area contributed by atoms with Gasteiger partial charge in [-0.1, -0.05) is 129 Å². The summed E-state index contributed by atoms with van der Waals surface area (Å²) in [5.74, 6) is 0. The molecule has 0 amide bonds. The van der Waals surface area contributed by atoms with Gasteiger partial charge in [-0.2, -0.15) is 0 Å². The van der Waals surface area contributed by atoms with E-state index in [-0.39, 0.29) is 0 Å². The largest absolute Gasteiger partial charge is 0.0991 e. The van der Waals surface area contributed by atoms with Crippen LogP contribution < -0.4 is 0 Å². The van der Waals surface area contributed by atoms with E-state index in [0.29, 0.717) is 0 Å². The summed E-state index contributed by atoms with van der Waals surface area (Å²) in [6.07, 6.45) is 13.9. The molecule has 0 aliphatic heterocycles. The van der Waals surface area contributed by atoms with Crippen molar-refractivity contribution < 1.29 is 0 Å². The fourth-order valence-corrected chi connectivity index (χ4v) is 5.15. The molecular formula is C35H28. The molecule has 0 nitrogen and oxygen atoms in total. The van der Waals surface area contributed by atoms with E-state index in [1.54, 1.807) is 0 Å². The molecule has 5 aromatic rings. The third kappa shape index (κ3) is 3.74. The number of hydrogen-bond acceptors (Lipinski definition) is 0. The molecule has 0 aliphatic carbocycles. The van der Waals surface area contributed by atoms with E-state index in [1.165, 1.54) is 60.1 Å². The van der Waals surface area contributed by atoms with Gasteiger partial charge in [0.15, 0.2) is 0 Å². The van der Waals surface area contributed by atoms with Crippen LogP contribution in [-0.2, 0) is 0 Å². The Kier molecular flexibility index (Phi) is 6.04. The molecule has 0 bridgehead atoms. The van der Waals surface area contributed by atoms with Gasteiger partial charge in [-0.15, -0.1) is 0 Å². The predicted octanol–water partition coefficient (Wildman–Crippen LogP) is 10.2. The first-order chi connectivity index (χ1) is 17.2. The van der Waals surface area contributed by atoms with Crippen molar-refractivity contribution in [3.05, 3.63) is 146 Å². The Morgan fingerprint density at radius 2 is 1.40 bits per heavy atom. The smallest absolute Gasteiger partial charge is 0.00141 e. The number of hydrogen-bond donors (Lipinski definition) is 0. The summed E-state index contributed by atoms with van der Waals surface area (Å²) < 4.78 is 0. The zero-order chi connectivity index (χ0) is 24.4. The second kappa shape index (κ2) is 9.44. The molecule has 0 atom stereocenters. The lowest BCUT2D eigenvalue weighted by atomic mass is 9.84. The second-order valence-electron chi connectivity index (χ2n) is 8.60. The molecule has 0 saturated carbocycles. The van der Waals surface area contributed by atoms with E-state index < -0.39 is 0 Å². The van der Waals surface area contributed by atoms with Crippen molar-refractivity contribution in [3.63, 3.8) is 0 Å². The molecule has 168 valence electrons. The van der Waals surface area contributed by atoms with Crippen molar-refractivity contribution in [2.45, 2.75) is 6.92 Å². The monoisotopic (exact) mass is 448 g/mol. The van der Waals surface area contributed by atoms with E-state index in [0.717, 1.165) is 5.57 Å². The van der Waals surface area contributed by atoms with Crippen LogP contribution in [0.3, 0.4) is 0 Å². The molecule has 0 heteroatoms. The first-order valence-corrected chi connectivity index (χ1v) is 11.9. The maximum Gasteiger partial charge on any atom is -0.00141 e. The molecular weight excluding hydrogens is 420 g/mol. The van der Waals surface area contributed by atoms with E-state index in [1.807, 2.05) is 30.4 Å². The highest BCUT2D eigenvalue weighted by Crippen LogP contribution is 2.44. The zero-order valence-electron chi connectivity index (χ0n) is 20.1. The zero-order valence-corrected chi connectivity index (χ0v) is 20.1. The maximum atomic E-state index is 4.11. The van der Waals surface area contributed by atoms with Gasteiger partial charge >= 0.3 is 0 Å². The summed E-state index contributed by atoms with van der Waals surface area (Å²) >= 11 is 0. The second-order valence-corrected chi connectivity index (χ2v) is 8.60. The maximum absolute atomic E-state index is 4.11. The van der Waals surface area contributed by atoms with Crippen LogP contribution in [0.1, 0.15) is 18.1 Å². The SMILES string of the molecule is C=C/C=C\C(=C/C)c1ccc2ccc3c(/C(C=C)=C/C=C)cc(-c4ccccc4)c4ccc1c2c34. The van der Waals surface area contributed by atoms with Crippen LogP contribution in [0, 0.1) is 0 Å². The van der Waals surface area contributed by atoms with Crippen LogP contribution in [0.15, 0.2) is 135 Å². The number of rotatable bonds is 7. The average Bonchev–Trinajstić information content (AvgIpc) is 2.91. The van der Waals surface area contributed by atoms with Gasteiger partial charge in [0.25, 0.3) is 0 Å². The van der Waals surface area contributed by atoms with Crippen molar-refractivity contribution in [2.75, 3.05) is 0 Å². The minimum atomic E-state index is 1.07. The van der Waals surface area contributed by atoms with Gasteiger partial charge in [-0.05, 0) is 78.7 Å². The minimum Gasteiger partial charge on any atom is -0.0991 e. The van der Waals surface area contributed by atoms with Crippen molar-refractivity contribution in [1.82, 2.24) is 0 Å². The lowest BCUT2D eigenvalue weighted by Crippen LogP contribution is -1.94. The summed E-state index contributed by atoms with van der Waals surface area (Å²) in [7, 11) is 0. The van der Waals surface area contributed by atoms with Crippen LogP contribution >= 0.6 is 0 Å². The lowest BCUT2D eigenvalue weighted by molar-refractivity contribution is 1.63. The summed E-state index contributed by atoms with van der Waals surface area (Å²) in [4.78, 5) is 0. The molecule has 0 radical (unpaired) electrons. The van der Waals surface area contributed by atoms with Crippen molar-refractivity contribution in [3.8, 4) is 11.1 Å². The van der Waals surface area contributed by atoms with Gasteiger partial charge < -0.3 is 0 Å². The quantitative estimate of drug-likeness (QED) is 0.172. The molecule has 5 rings (SSSR count). The first kappa shape index (κ1) is 22.4. The Balaban J connectivity index is 1.98. The van der Waals surface area contributed by atoms with Gasteiger partial charge in [0, 0.05) is 0 Å². The van der Waals surface area contributed by atoms with E-state index >= 15 is 0 Å². The molecule has 0 unspecified atom stereocenters. The van der Waals surface area contributed by atoms with Crippen molar-refractivity contribution >= 4 is 43.5 Å². The molecule has 0 aromatic heterocycles. The average molecular weight is 449 g/mol. The fraction of sp³-hybridized carbons (Fsp3) is 0.0286. The Hall–Kier alpha value is -4.42. The molecule has 0 heterocycles. The Morgan fingerprint density at radius 3 is 2.11 bits per heavy atom. The van der Waals surface area contributed by atoms with Gasteiger partial charge in [-0.25, -0.2) is 0 Å². The third-order valence-electron chi connectivity index (χ3n) is 6.73. The number of benzene rings is 5. The highest BCUT2D eigenvalue weighted by Gasteiger charge is 2.18. The first-order valence-electron chi connectivity index (χ1n) is 11.9. The molecule has 0 fully saturated rings. The van der Waals surface area contributed by atoms with Gasteiger partial charge in [-0.3, -0.25) is 0 Å². The molecule has 0 N–H and O–H groups in total. The molecule has 35 heavy (non-hydrogen) atoms. The third-order valence-corrected chi connectivity index (χ3v) is 6.73. The fourth-order valence-electron chi connectivity index (χ4n) is 5.15. The molecule has 0 saturated heterocycles. The highest BCUT2D eigenvalue weighted by molar-refractivity contribution is 6.28. The van der Waals surface area contributed by atoms with E-state index in [4.69, 9.17) is 0 Å². The predicted molar refractivity (Wildman–Crippen MR) is 157 cm³/mol. The summed E-state index contributed by atoms with van der Waals surface area (Å²) in [5, 5.41) is 7.57.